The van der Waals surface area contributed by atoms with E-state index >= 15 is 0 Å². The molecule has 2 unspecified atom stereocenters. The van der Waals surface area contributed by atoms with E-state index in [0.29, 0.717) is 24.7 Å². The van der Waals surface area contributed by atoms with Crippen molar-refractivity contribution in [3.63, 3.8) is 0 Å². The van der Waals surface area contributed by atoms with Gasteiger partial charge in [0.25, 0.3) is 0 Å². The van der Waals surface area contributed by atoms with Crippen molar-refractivity contribution in [1.82, 2.24) is 10.6 Å². The molecule has 3 rings (SSSR count). The number of fused-ring (bicyclic) bond motifs is 1. The second kappa shape index (κ2) is 6.84. The Kier molecular flexibility index (Phi) is 4.80. The molecule has 2 heterocycles. The molecule has 1 fully saturated rings. The number of hydrogen-bond acceptors (Lipinski definition) is 4. The second-order valence-electron chi connectivity index (χ2n) is 6.27. The molecule has 24 heavy (non-hydrogen) atoms. The van der Waals surface area contributed by atoms with E-state index in [-0.39, 0.29) is 17.7 Å². The number of guanidine groups is 1. The van der Waals surface area contributed by atoms with Gasteiger partial charge >= 0.3 is 0 Å². The van der Waals surface area contributed by atoms with E-state index in [2.05, 4.69) is 15.6 Å². The van der Waals surface area contributed by atoms with Crippen molar-refractivity contribution in [2.75, 3.05) is 25.1 Å². The Morgan fingerprint density at radius 3 is 2.88 bits per heavy atom. The summed E-state index contributed by atoms with van der Waals surface area (Å²) >= 11 is 0. The minimum atomic E-state index is -2.85. The van der Waals surface area contributed by atoms with Gasteiger partial charge in [-0.15, -0.1) is 0 Å². The van der Waals surface area contributed by atoms with Gasteiger partial charge in [0.05, 0.1) is 17.5 Å². The molecule has 0 aliphatic carbocycles. The molecule has 130 valence electrons. The van der Waals surface area contributed by atoms with E-state index in [1.807, 2.05) is 37.3 Å². The summed E-state index contributed by atoms with van der Waals surface area (Å²) in [6.07, 6.45) is 0.714. The number of nitrogens with zero attached hydrogens (tertiary/aromatic N) is 1. The SMILES string of the molecule is CN=C(NCC1CCS(=O)(=O)C1)NC(C)c1cc2ccccc2o1. The first-order valence-corrected chi connectivity index (χ1v) is 9.95. The van der Waals surface area contributed by atoms with Gasteiger partial charge in [0, 0.05) is 19.0 Å². The summed E-state index contributed by atoms with van der Waals surface area (Å²) in [7, 11) is -1.15. The molecule has 2 N–H and O–H groups in total. The van der Waals surface area contributed by atoms with Crippen molar-refractivity contribution in [2.24, 2.45) is 10.9 Å². The fourth-order valence-electron chi connectivity index (χ4n) is 2.96. The van der Waals surface area contributed by atoms with Crippen LogP contribution in [-0.2, 0) is 9.84 Å². The predicted octanol–water partition coefficient (Wildman–Crippen LogP) is 2.09. The highest BCUT2D eigenvalue weighted by molar-refractivity contribution is 7.91. The Hall–Kier alpha value is -2.02. The van der Waals surface area contributed by atoms with Gasteiger partial charge < -0.3 is 15.1 Å². The monoisotopic (exact) mass is 349 g/mol. The first-order chi connectivity index (χ1) is 11.5. The summed E-state index contributed by atoms with van der Waals surface area (Å²) in [6, 6.07) is 9.86. The van der Waals surface area contributed by atoms with Crippen LogP contribution in [0.4, 0.5) is 0 Å². The molecule has 1 aromatic heterocycles. The Balaban J connectivity index is 1.58. The maximum Gasteiger partial charge on any atom is 0.191 e. The number of benzene rings is 1. The van der Waals surface area contributed by atoms with Gasteiger partial charge in [0.2, 0.25) is 0 Å². The van der Waals surface area contributed by atoms with Crippen molar-refractivity contribution in [1.29, 1.82) is 0 Å². The molecule has 6 nitrogen and oxygen atoms in total. The molecule has 0 bridgehead atoms. The number of hydrogen-bond donors (Lipinski definition) is 2. The van der Waals surface area contributed by atoms with Gasteiger partial charge in [-0.1, -0.05) is 18.2 Å². The molecule has 1 aromatic carbocycles. The van der Waals surface area contributed by atoms with E-state index in [0.717, 1.165) is 16.7 Å². The standard InChI is InChI=1S/C17H23N3O3S/c1-12(16-9-14-5-3-4-6-15(14)23-16)20-17(18-2)19-10-13-7-8-24(21,22)11-13/h3-6,9,12-13H,7-8,10-11H2,1-2H3,(H2,18,19,20). The van der Waals surface area contributed by atoms with Crippen molar-refractivity contribution in [3.05, 3.63) is 36.1 Å². The highest BCUT2D eigenvalue weighted by Crippen LogP contribution is 2.23. The quantitative estimate of drug-likeness (QED) is 0.652. The minimum Gasteiger partial charge on any atom is -0.459 e. The summed E-state index contributed by atoms with van der Waals surface area (Å²) in [6.45, 7) is 2.61. The number of aliphatic imine (C=N–C) groups is 1. The number of sulfone groups is 1. The van der Waals surface area contributed by atoms with Crippen LogP contribution in [0.5, 0.6) is 0 Å². The van der Waals surface area contributed by atoms with Gasteiger partial charge in [0.15, 0.2) is 15.8 Å². The predicted molar refractivity (Wildman–Crippen MR) is 95.9 cm³/mol. The van der Waals surface area contributed by atoms with Crippen molar-refractivity contribution >= 4 is 26.8 Å². The summed E-state index contributed by atoms with van der Waals surface area (Å²) in [4.78, 5) is 4.21. The third-order valence-corrected chi connectivity index (χ3v) is 6.17. The molecule has 1 aliphatic heterocycles. The molecule has 0 amide bonds. The third kappa shape index (κ3) is 3.90. The third-order valence-electron chi connectivity index (χ3n) is 4.33. The van der Waals surface area contributed by atoms with Gasteiger partial charge in [-0.05, 0) is 31.4 Å². The van der Waals surface area contributed by atoms with Crippen molar-refractivity contribution < 1.29 is 12.8 Å². The van der Waals surface area contributed by atoms with E-state index in [1.165, 1.54) is 0 Å². The van der Waals surface area contributed by atoms with Gasteiger partial charge in [0.1, 0.15) is 11.3 Å². The normalized spacial score (nSPS) is 21.8. The molecule has 2 aromatic rings. The molecule has 0 radical (unpaired) electrons. The van der Waals surface area contributed by atoms with Gasteiger partial charge in [-0.2, -0.15) is 0 Å². The topological polar surface area (TPSA) is 83.7 Å². The van der Waals surface area contributed by atoms with E-state index in [4.69, 9.17) is 4.42 Å². The van der Waals surface area contributed by atoms with E-state index in [9.17, 15) is 8.42 Å². The maximum absolute atomic E-state index is 11.5. The first kappa shape index (κ1) is 16.8. The van der Waals surface area contributed by atoms with Crippen LogP contribution in [0.15, 0.2) is 39.7 Å². The zero-order valence-corrected chi connectivity index (χ0v) is 14.8. The van der Waals surface area contributed by atoms with Crippen LogP contribution >= 0.6 is 0 Å². The van der Waals surface area contributed by atoms with Crippen molar-refractivity contribution in [3.8, 4) is 0 Å². The average molecular weight is 349 g/mol. The zero-order valence-electron chi connectivity index (χ0n) is 14.0. The van der Waals surface area contributed by atoms with E-state index < -0.39 is 9.84 Å². The van der Waals surface area contributed by atoms with Crippen molar-refractivity contribution in [2.45, 2.75) is 19.4 Å². The van der Waals surface area contributed by atoms with Gasteiger partial charge in [-0.3, -0.25) is 4.99 Å². The Morgan fingerprint density at radius 1 is 1.42 bits per heavy atom. The second-order valence-corrected chi connectivity index (χ2v) is 8.50. The largest absolute Gasteiger partial charge is 0.459 e. The summed E-state index contributed by atoms with van der Waals surface area (Å²) in [5.41, 5.74) is 0.861. The molecular weight excluding hydrogens is 326 g/mol. The lowest BCUT2D eigenvalue weighted by Gasteiger charge is -2.17. The fraction of sp³-hybridized carbons (Fsp3) is 0.471. The van der Waals surface area contributed by atoms with Crippen LogP contribution in [0.1, 0.15) is 25.1 Å². The van der Waals surface area contributed by atoms with Crippen LogP contribution in [0, 0.1) is 5.92 Å². The molecule has 0 spiro atoms. The first-order valence-electron chi connectivity index (χ1n) is 8.13. The number of para-hydroxylation sites is 1. The lowest BCUT2D eigenvalue weighted by Crippen LogP contribution is -2.41. The molecule has 2 atom stereocenters. The van der Waals surface area contributed by atoms with Crippen LogP contribution in [-0.4, -0.2) is 39.5 Å². The summed E-state index contributed by atoms with van der Waals surface area (Å²) < 4.78 is 28.9. The highest BCUT2D eigenvalue weighted by atomic mass is 32.2. The number of rotatable bonds is 4. The molecular formula is C17H23N3O3S. The molecule has 1 saturated heterocycles. The lowest BCUT2D eigenvalue weighted by molar-refractivity contribution is 0.485. The highest BCUT2D eigenvalue weighted by Gasteiger charge is 2.27. The van der Waals surface area contributed by atoms with Gasteiger partial charge in [-0.25, -0.2) is 8.42 Å². The Labute approximate surface area is 142 Å². The van der Waals surface area contributed by atoms with Crippen LogP contribution in [0.2, 0.25) is 0 Å². The van der Waals surface area contributed by atoms with E-state index in [1.54, 1.807) is 7.05 Å². The molecule has 1 aliphatic rings. The van der Waals surface area contributed by atoms with Crippen LogP contribution in [0.3, 0.4) is 0 Å². The minimum absolute atomic E-state index is 0.0455. The smallest absolute Gasteiger partial charge is 0.191 e. The number of furan rings is 1. The summed E-state index contributed by atoms with van der Waals surface area (Å²) in [5.74, 6) is 2.18. The lowest BCUT2D eigenvalue weighted by atomic mass is 10.1. The Bertz CT molecular complexity index is 809. The average Bonchev–Trinajstić information content (AvgIpc) is 3.14. The van der Waals surface area contributed by atoms with Crippen LogP contribution < -0.4 is 10.6 Å². The molecule has 7 heteroatoms. The maximum atomic E-state index is 11.5. The summed E-state index contributed by atoms with van der Waals surface area (Å²) in [5, 5.41) is 7.57. The van der Waals surface area contributed by atoms with Crippen LogP contribution in [0.25, 0.3) is 11.0 Å². The number of nitrogens with one attached hydrogen (secondary N) is 2. The fourth-order valence-corrected chi connectivity index (χ4v) is 4.82. The molecule has 0 saturated carbocycles. The Morgan fingerprint density at radius 2 is 2.21 bits per heavy atom. The zero-order chi connectivity index (χ0) is 17.2.